The van der Waals surface area contributed by atoms with E-state index in [1.807, 2.05) is 12.3 Å². The summed E-state index contributed by atoms with van der Waals surface area (Å²) in [5.41, 5.74) is 5.81. The minimum absolute atomic E-state index is 0.0281. The first kappa shape index (κ1) is 12.3. The van der Waals surface area contributed by atoms with Gasteiger partial charge in [-0.3, -0.25) is 4.98 Å². The molecule has 0 saturated heterocycles. The SMILES string of the molecule is CC1(C)NCc2cc(-c3cncc(CO)c3)ccc21. The minimum atomic E-state index is 0.0281. The number of fused-ring (bicyclic) bond motifs is 1. The zero-order chi connectivity index (χ0) is 13.5. The van der Waals surface area contributed by atoms with Crippen LogP contribution < -0.4 is 5.32 Å². The maximum Gasteiger partial charge on any atom is 0.0697 e. The van der Waals surface area contributed by atoms with Crippen LogP contribution in [0.2, 0.25) is 0 Å². The van der Waals surface area contributed by atoms with Crippen molar-refractivity contribution < 1.29 is 5.11 Å². The van der Waals surface area contributed by atoms with Crippen molar-refractivity contribution in [2.24, 2.45) is 0 Å². The van der Waals surface area contributed by atoms with Gasteiger partial charge in [-0.25, -0.2) is 0 Å². The summed E-state index contributed by atoms with van der Waals surface area (Å²) in [6, 6.07) is 8.53. The number of nitrogens with one attached hydrogen (secondary N) is 1. The van der Waals surface area contributed by atoms with E-state index >= 15 is 0 Å². The summed E-state index contributed by atoms with van der Waals surface area (Å²) in [6.45, 7) is 5.34. The standard InChI is InChI=1S/C16H18N2O/c1-16(2)15-4-3-12(6-14(15)9-18-16)13-5-11(10-19)7-17-8-13/h3-8,18-19H,9-10H2,1-2H3. The molecule has 19 heavy (non-hydrogen) atoms. The highest BCUT2D eigenvalue weighted by Gasteiger charge is 2.28. The predicted molar refractivity (Wildman–Crippen MR) is 75.5 cm³/mol. The first-order chi connectivity index (χ1) is 9.10. The molecule has 3 rings (SSSR count). The Balaban J connectivity index is 2.03. The first-order valence-corrected chi connectivity index (χ1v) is 6.54. The van der Waals surface area contributed by atoms with Crippen LogP contribution in [-0.4, -0.2) is 10.1 Å². The second-order valence-electron chi connectivity index (χ2n) is 5.59. The van der Waals surface area contributed by atoms with E-state index in [0.717, 1.165) is 23.2 Å². The number of pyridine rings is 1. The average Bonchev–Trinajstić information content (AvgIpc) is 2.74. The molecule has 1 aromatic heterocycles. The Morgan fingerprint density at radius 2 is 2.05 bits per heavy atom. The molecule has 2 aromatic rings. The third kappa shape index (κ3) is 2.15. The summed E-state index contributed by atoms with van der Waals surface area (Å²) in [5, 5.41) is 12.7. The molecule has 2 heterocycles. The van der Waals surface area contributed by atoms with Crippen LogP contribution in [0.25, 0.3) is 11.1 Å². The summed E-state index contributed by atoms with van der Waals surface area (Å²) in [7, 11) is 0. The van der Waals surface area contributed by atoms with E-state index in [1.54, 1.807) is 6.20 Å². The van der Waals surface area contributed by atoms with E-state index < -0.39 is 0 Å². The molecule has 0 unspecified atom stereocenters. The summed E-state index contributed by atoms with van der Waals surface area (Å²) < 4.78 is 0. The normalized spacial score (nSPS) is 16.4. The van der Waals surface area contributed by atoms with Crippen LogP contribution in [0.4, 0.5) is 0 Å². The van der Waals surface area contributed by atoms with Gasteiger partial charge in [-0.2, -0.15) is 0 Å². The van der Waals surface area contributed by atoms with Gasteiger partial charge in [0.1, 0.15) is 0 Å². The fourth-order valence-electron chi connectivity index (χ4n) is 2.67. The third-order valence-electron chi connectivity index (χ3n) is 3.81. The van der Waals surface area contributed by atoms with Crippen molar-refractivity contribution in [3.05, 3.63) is 53.3 Å². The number of benzene rings is 1. The largest absolute Gasteiger partial charge is 0.392 e. The number of nitrogens with zero attached hydrogens (tertiary/aromatic N) is 1. The highest BCUT2D eigenvalue weighted by molar-refractivity contribution is 5.65. The molecule has 0 fully saturated rings. The highest BCUT2D eigenvalue weighted by atomic mass is 16.3. The number of rotatable bonds is 2. The van der Waals surface area contributed by atoms with Gasteiger partial charge in [0.15, 0.2) is 0 Å². The van der Waals surface area contributed by atoms with Crippen molar-refractivity contribution in [2.45, 2.75) is 32.5 Å². The zero-order valence-corrected chi connectivity index (χ0v) is 11.3. The predicted octanol–water partition coefficient (Wildman–Crippen LogP) is 2.58. The summed E-state index contributed by atoms with van der Waals surface area (Å²) in [6.07, 6.45) is 3.54. The van der Waals surface area contributed by atoms with Gasteiger partial charge < -0.3 is 10.4 Å². The molecule has 1 aliphatic rings. The number of hydrogen-bond donors (Lipinski definition) is 2. The van der Waals surface area contributed by atoms with Gasteiger partial charge in [-0.05, 0) is 48.2 Å². The highest BCUT2D eigenvalue weighted by Crippen LogP contribution is 2.33. The lowest BCUT2D eigenvalue weighted by molar-refractivity contribution is 0.281. The maximum absolute atomic E-state index is 9.18. The van der Waals surface area contributed by atoms with Gasteiger partial charge in [-0.1, -0.05) is 12.1 Å². The fourth-order valence-corrected chi connectivity index (χ4v) is 2.67. The number of aromatic nitrogens is 1. The lowest BCUT2D eigenvalue weighted by Gasteiger charge is -2.19. The van der Waals surface area contributed by atoms with E-state index in [0.29, 0.717) is 0 Å². The number of hydrogen-bond acceptors (Lipinski definition) is 3. The van der Waals surface area contributed by atoms with Crippen molar-refractivity contribution in [2.75, 3.05) is 0 Å². The average molecular weight is 254 g/mol. The molecule has 1 aliphatic heterocycles. The van der Waals surface area contributed by atoms with Gasteiger partial charge in [-0.15, -0.1) is 0 Å². The molecule has 0 radical (unpaired) electrons. The third-order valence-corrected chi connectivity index (χ3v) is 3.81. The molecule has 3 nitrogen and oxygen atoms in total. The van der Waals surface area contributed by atoms with Crippen molar-refractivity contribution in [3.8, 4) is 11.1 Å². The Morgan fingerprint density at radius 3 is 2.84 bits per heavy atom. The zero-order valence-electron chi connectivity index (χ0n) is 11.3. The summed E-state index contributed by atoms with van der Waals surface area (Å²) in [4.78, 5) is 4.18. The van der Waals surface area contributed by atoms with Crippen LogP contribution in [0.3, 0.4) is 0 Å². The Morgan fingerprint density at radius 1 is 1.21 bits per heavy atom. The first-order valence-electron chi connectivity index (χ1n) is 6.54. The van der Waals surface area contributed by atoms with Crippen LogP contribution in [0.15, 0.2) is 36.7 Å². The van der Waals surface area contributed by atoms with E-state index in [4.69, 9.17) is 0 Å². The molecule has 0 bridgehead atoms. The second kappa shape index (κ2) is 4.44. The van der Waals surface area contributed by atoms with Crippen LogP contribution in [0.5, 0.6) is 0 Å². The van der Waals surface area contributed by atoms with E-state index in [9.17, 15) is 5.11 Å². The molecule has 0 spiro atoms. The van der Waals surface area contributed by atoms with Gasteiger partial charge in [0, 0.05) is 30.0 Å². The van der Waals surface area contributed by atoms with Crippen molar-refractivity contribution >= 4 is 0 Å². The molecule has 0 amide bonds. The van der Waals surface area contributed by atoms with Crippen LogP contribution >= 0.6 is 0 Å². The lowest BCUT2D eigenvalue weighted by Crippen LogP contribution is -2.28. The Bertz CT molecular complexity index is 620. The minimum Gasteiger partial charge on any atom is -0.392 e. The molecule has 98 valence electrons. The lowest BCUT2D eigenvalue weighted by atomic mass is 9.92. The quantitative estimate of drug-likeness (QED) is 0.865. The van der Waals surface area contributed by atoms with E-state index in [-0.39, 0.29) is 12.1 Å². The van der Waals surface area contributed by atoms with Crippen molar-refractivity contribution in [1.82, 2.24) is 10.3 Å². The van der Waals surface area contributed by atoms with Crippen LogP contribution in [0.1, 0.15) is 30.5 Å². The van der Waals surface area contributed by atoms with Crippen molar-refractivity contribution in [3.63, 3.8) is 0 Å². The van der Waals surface area contributed by atoms with Gasteiger partial charge in [0.05, 0.1) is 6.61 Å². The number of aliphatic hydroxyl groups excluding tert-OH is 1. The van der Waals surface area contributed by atoms with E-state index in [1.165, 1.54) is 11.1 Å². The van der Waals surface area contributed by atoms with Crippen LogP contribution in [-0.2, 0) is 18.7 Å². The molecule has 0 aliphatic carbocycles. The van der Waals surface area contributed by atoms with Crippen LogP contribution in [0, 0.1) is 0 Å². The molecular weight excluding hydrogens is 236 g/mol. The number of aliphatic hydroxyl groups is 1. The van der Waals surface area contributed by atoms with Gasteiger partial charge in [0.2, 0.25) is 0 Å². The van der Waals surface area contributed by atoms with Gasteiger partial charge in [0.25, 0.3) is 0 Å². The molecule has 1 aromatic carbocycles. The van der Waals surface area contributed by atoms with Gasteiger partial charge >= 0.3 is 0 Å². The smallest absolute Gasteiger partial charge is 0.0697 e. The van der Waals surface area contributed by atoms with Crippen molar-refractivity contribution in [1.29, 1.82) is 0 Å². The molecule has 0 saturated carbocycles. The Kier molecular flexibility index (Phi) is 2.88. The maximum atomic E-state index is 9.18. The topological polar surface area (TPSA) is 45.2 Å². The van der Waals surface area contributed by atoms with E-state index in [2.05, 4.69) is 42.3 Å². The molecule has 0 atom stereocenters. The summed E-state index contributed by atoms with van der Waals surface area (Å²) >= 11 is 0. The summed E-state index contributed by atoms with van der Waals surface area (Å²) in [5.74, 6) is 0. The Labute approximate surface area is 113 Å². The molecule has 2 N–H and O–H groups in total. The monoisotopic (exact) mass is 254 g/mol. The fraction of sp³-hybridized carbons (Fsp3) is 0.312. The second-order valence-corrected chi connectivity index (χ2v) is 5.59. The Hall–Kier alpha value is -1.71. The molecule has 3 heteroatoms. The molecular formula is C16H18N2O.